The summed E-state index contributed by atoms with van der Waals surface area (Å²) in [7, 11) is 2.27. The van der Waals surface area contributed by atoms with Gasteiger partial charge in [-0.2, -0.15) is 0 Å². The Kier molecular flexibility index (Phi) is 12.2. The Morgan fingerprint density at radius 2 is 1.64 bits per heavy atom. The number of rotatable bonds is 12. The number of unbranched alkanes of at least 4 members (excludes halogenated alkanes) is 1. The van der Waals surface area contributed by atoms with Gasteiger partial charge in [-0.1, -0.05) is 104 Å². The Labute approximate surface area is 232 Å². The molecular weight excluding hydrogens is 489 g/mol. The Bertz CT molecular complexity index is 1110. The van der Waals surface area contributed by atoms with Gasteiger partial charge < -0.3 is 9.94 Å². The highest BCUT2D eigenvalue weighted by Gasteiger charge is 2.38. The molecule has 1 heterocycles. The highest BCUT2D eigenvalue weighted by molar-refractivity contribution is 6.35. The van der Waals surface area contributed by atoms with Crippen LogP contribution in [-0.2, 0) is 16.0 Å². The summed E-state index contributed by atoms with van der Waals surface area (Å²) in [6, 6.07) is 16.8. The molecule has 3 atom stereocenters. The summed E-state index contributed by atoms with van der Waals surface area (Å²) < 4.78 is 0. The minimum absolute atomic E-state index is 0.106. The zero-order chi connectivity index (χ0) is 28.0. The van der Waals surface area contributed by atoms with Gasteiger partial charge in [-0.25, -0.2) is 4.79 Å². The standard InChI is InChI=1S/C30H33BNO5.C2H6/c33-27-19-18-23(13-10-20-31-21-22-11-4-3-5-12-22)24(27)14-6-1-2-7-17-28(34)37-32-29(35)25-15-8-9-16-26(25)30(32)36;1-2/h1,3-6,8-13,15-16,23-24,27,33H,2,7,14,17-21H2;1-2H3/b6-1-,13-10+;/t23?,24-,27?;/m1./s1. The summed E-state index contributed by atoms with van der Waals surface area (Å²) in [5.41, 5.74) is 1.80. The molecule has 1 N–H and O–H groups in total. The molecule has 7 heteroatoms. The van der Waals surface area contributed by atoms with E-state index in [4.69, 9.17) is 4.84 Å². The molecule has 2 aliphatic rings. The topological polar surface area (TPSA) is 83.9 Å². The average molecular weight is 528 g/mol. The van der Waals surface area contributed by atoms with E-state index in [1.165, 1.54) is 5.56 Å². The number of aliphatic hydroxyl groups is 1. The number of aliphatic hydroxyl groups excluding tert-OH is 1. The van der Waals surface area contributed by atoms with Crippen LogP contribution in [0.4, 0.5) is 0 Å². The molecule has 2 aromatic rings. The van der Waals surface area contributed by atoms with Crippen molar-refractivity contribution in [3.63, 3.8) is 0 Å². The second kappa shape index (κ2) is 15.8. The first-order valence-corrected chi connectivity index (χ1v) is 14.1. The van der Waals surface area contributed by atoms with E-state index in [0.717, 1.165) is 31.9 Å². The van der Waals surface area contributed by atoms with Crippen LogP contribution in [0.25, 0.3) is 0 Å². The Morgan fingerprint density at radius 3 is 2.33 bits per heavy atom. The SMILES string of the molecule is CC.O=C(CCC/C=C\C[C@H]1C(O)CCC1/C=C/C[B]Cc1ccccc1)ON1C(=O)c2ccccc2C1=O. The van der Waals surface area contributed by atoms with Gasteiger partial charge in [0.15, 0.2) is 0 Å². The largest absolute Gasteiger partial charge is 0.393 e. The normalized spacial score (nSPS) is 20.3. The lowest BCUT2D eigenvalue weighted by Crippen LogP contribution is -2.32. The smallest absolute Gasteiger partial charge is 0.333 e. The van der Waals surface area contributed by atoms with Gasteiger partial charge in [-0.05, 0) is 56.1 Å². The van der Waals surface area contributed by atoms with E-state index < -0.39 is 17.8 Å². The third-order valence-electron chi connectivity index (χ3n) is 7.03. The van der Waals surface area contributed by atoms with E-state index in [0.29, 0.717) is 23.8 Å². The lowest BCUT2D eigenvalue weighted by atomic mass is 9.68. The van der Waals surface area contributed by atoms with Crippen LogP contribution in [0.15, 0.2) is 78.9 Å². The molecule has 39 heavy (non-hydrogen) atoms. The number of hydrogen-bond donors (Lipinski definition) is 1. The average Bonchev–Trinajstić information content (AvgIpc) is 3.43. The predicted molar refractivity (Wildman–Crippen MR) is 154 cm³/mol. The van der Waals surface area contributed by atoms with Crippen LogP contribution in [0.3, 0.4) is 0 Å². The van der Waals surface area contributed by atoms with E-state index >= 15 is 0 Å². The van der Waals surface area contributed by atoms with E-state index in [-0.39, 0.29) is 29.6 Å². The third-order valence-corrected chi connectivity index (χ3v) is 7.03. The maximum absolute atomic E-state index is 12.3. The van der Waals surface area contributed by atoms with Crippen molar-refractivity contribution in [1.82, 2.24) is 5.06 Å². The Balaban J connectivity index is 0.00000205. The van der Waals surface area contributed by atoms with Crippen molar-refractivity contribution in [3.8, 4) is 0 Å². The number of nitrogens with zero attached hydrogens (tertiary/aromatic N) is 1. The Morgan fingerprint density at radius 1 is 0.974 bits per heavy atom. The van der Waals surface area contributed by atoms with Crippen LogP contribution >= 0.6 is 0 Å². The van der Waals surface area contributed by atoms with Crippen LogP contribution in [0, 0.1) is 11.8 Å². The minimum atomic E-state index is -0.610. The zero-order valence-corrected chi connectivity index (χ0v) is 23.0. The monoisotopic (exact) mass is 528 g/mol. The number of hydroxylamine groups is 2. The minimum Gasteiger partial charge on any atom is -0.393 e. The summed E-state index contributed by atoms with van der Waals surface area (Å²) >= 11 is 0. The molecule has 6 nitrogen and oxygen atoms in total. The molecule has 1 aliphatic carbocycles. The molecule has 4 rings (SSSR count). The fraction of sp³-hybridized carbons (Fsp3) is 0.406. The Hall–Kier alpha value is -3.45. The fourth-order valence-corrected chi connectivity index (χ4v) is 4.99. The predicted octanol–water partition coefficient (Wildman–Crippen LogP) is 6.15. The van der Waals surface area contributed by atoms with Crippen LogP contribution in [-0.4, -0.2) is 41.3 Å². The number of imide groups is 1. The molecule has 2 unspecified atom stereocenters. The lowest BCUT2D eigenvalue weighted by molar-refractivity contribution is -0.168. The van der Waals surface area contributed by atoms with E-state index in [9.17, 15) is 19.5 Å². The van der Waals surface area contributed by atoms with Crippen molar-refractivity contribution in [2.24, 2.45) is 11.8 Å². The molecular formula is C32H39BNO5. The molecule has 0 aromatic heterocycles. The highest BCUT2D eigenvalue weighted by Crippen LogP contribution is 2.36. The third kappa shape index (κ3) is 8.52. The van der Waals surface area contributed by atoms with Gasteiger partial charge in [0.2, 0.25) is 0 Å². The second-order valence-corrected chi connectivity index (χ2v) is 9.63. The summed E-state index contributed by atoms with van der Waals surface area (Å²) in [6.07, 6.45) is 14.1. The summed E-state index contributed by atoms with van der Waals surface area (Å²) in [5.74, 6) is -1.24. The number of carbonyl (C=O) groups is 3. The number of fused-ring (bicyclic) bond motifs is 1. The lowest BCUT2D eigenvalue weighted by Gasteiger charge is -2.17. The highest BCUT2D eigenvalue weighted by atomic mass is 16.7. The number of benzene rings is 2. The molecule has 0 bridgehead atoms. The second-order valence-electron chi connectivity index (χ2n) is 9.63. The fourth-order valence-electron chi connectivity index (χ4n) is 4.99. The van der Waals surface area contributed by atoms with Crippen molar-refractivity contribution in [2.75, 3.05) is 0 Å². The molecule has 1 radical (unpaired) electrons. The van der Waals surface area contributed by atoms with Crippen LogP contribution in [0.2, 0.25) is 6.32 Å². The molecule has 1 saturated carbocycles. The van der Waals surface area contributed by atoms with E-state index in [1.54, 1.807) is 24.3 Å². The van der Waals surface area contributed by atoms with Gasteiger partial charge in [-0.3, -0.25) is 9.59 Å². The first kappa shape index (κ1) is 30.1. The van der Waals surface area contributed by atoms with Gasteiger partial charge in [-0.15, -0.1) is 0 Å². The molecule has 1 fully saturated rings. The molecule has 1 aliphatic heterocycles. The first-order valence-electron chi connectivity index (χ1n) is 14.1. The molecule has 2 aromatic carbocycles. The number of allylic oxidation sites excluding steroid dienone is 4. The number of amides is 2. The molecule has 0 saturated heterocycles. The quantitative estimate of drug-likeness (QED) is 0.155. The van der Waals surface area contributed by atoms with Gasteiger partial charge >= 0.3 is 5.97 Å². The van der Waals surface area contributed by atoms with Gasteiger partial charge in [0.05, 0.1) is 17.2 Å². The van der Waals surface area contributed by atoms with E-state index in [2.05, 4.69) is 49.8 Å². The summed E-state index contributed by atoms with van der Waals surface area (Å²) in [4.78, 5) is 41.8. The van der Waals surface area contributed by atoms with Crippen molar-refractivity contribution in [2.45, 2.75) is 71.1 Å². The van der Waals surface area contributed by atoms with Crippen LogP contribution in [0.1, 0.15) is 78.7 Å². The van der Waals surface area contributed by atoms with Crippen LogP contribution < -0.4 is 0 Å². The zero-order valence-electron chi connectivity index (χ0n) is 23.0. The maximum Gasteiger partial charge on any atom is 0.333 e. The van der Waals surface area contributed by atoms with Crippen LogP contribution in [0.5, 0.6) is 0 Å². The van der Waals surface area contributed by atoms with Crippen molar-refractivity contribution < 1.29 is 24.3 Å². The molecule has 205 valence electrons. The maximum atomic E-state index is 12.3. The van der Waals surface area contributed by atoms with Gasteiger partial charge in [0.25, 0.3) is 11.8 Å². The number of carbonyl (C=O) groups excluding carboxylic acids is 3. The van der Waals surface area contributed by atoms with Crippen molar-refractivity contribution >= 4 is 25.1 Å². The summed E-state index contributed by atoms with van der Waals surface area (Å²) in [5, 5.41) is 11.0. The molecule has 0 spiro atoms. The van der Waals surface area contributed by atoms with Gasteiger partial charge in [0.1, 0.15) is 7.28 Å². The van der Waals surface area contributed by atoms with E-state index in [1.807, 2.05) is 26.0 Å². The van der Waals surface area contributed by atoms with Gasteiger partial charge in [0, 0.05) is 6.42 Å². The number of hydrogen-bond acceptors (Lipinski definition) is 5. The summed E-state index contributed by atoms with van der Waals surface area (Å²) in [6.45, 7) is 4.00. The van der Waals surface area contributed by atoms with Crippen molar-refractivity contribution in [1.29, 1.82) is 0 Å². The first-order chi connectivity index (χ1) is 19.0. The molecule has 2 amide bonds. The van der Waals surface area contributed by atoms with Crippen molar-refractivity contribution in [3.05, 3.63) is 95.6 Å².